The minimum absolute atomic E-state index is 0.202. The minimum atomic E-state index is -1.02. The molecule has 0 bridgehead atoms. The lowest BCUT2D eigenvalue weighted by Gasteiger charge is -2.37. The topological polar surface area (TPSA) is 91.3 Å². The van der Waals surface area contributed by atoms with Crippen LogP contribution in [-0.2, 0) is 19.1 Å². The maximum atomic E-state index is 12.7. The van der Waals surface area contributed by atoms with Gasteiger partial charge in [-0.25, -0.2) is 4.99 Å². The fraction of sp³-hybridized carbons (Fsp3) is 0.474. The van der Waals surface area contributed by atoms with Crippen LogP contribution in [0.3, 0.4) is 0 Å². The van der Waals surface area contributed by atoms with Gasteiger partial charge < -0.3 is 14.5 Å². The third kappa shape index (κ3) is 4.10. The summed E-state index contributed by atoms with van der Waals surface area (Å²) in [5.41, 5.74) is 1.87. The molecule has 27 heavy (non-hydrogen) atoms. The number of amides is 2. The van der Waals surface area contributed by atoms with Gasteiger partial charge in [0.05, 0.1) is 6.61 Å². The van der Waals surface area contributed by atoms with Crippen molar-refractivity contribution in [3.8, 4) is 0 Å². The van der Waals surface area contributed by atoms with Gasteiger partial charge in [0.1, 0.15) is 6.04 Å². The molecule has 144 valence electrons. The first kappa shape index (κ1) is 18.9. The first-order chi connectivity index (χ1) is 13.0. The largest absolute Gasteiger partial charge is 0.465 e. The molecule has 2 aliphatic heterocycles. The number of hydrogen-bond donors (Lipinski definition) is 1. The van der Waals surface area contributed by atoms with E-state index in [0.29, 0.717) is 32.1 Å². The van der Waals surface area contributed by atoms with Crippen molar-refractivity contribution < 1.29 is 19.1 Å². The summed E-state index contributed by atoms with van der Waals surface area (Å²) < 4.78 is 5.11. The van der Waals surface area contributed by atoms with Crippen molar-refractivity contribution in [2.45, 2.75) is 19.9 Å². The summed E-state index contributed by atoms with van der Waals surface area (Å²) in [6.45, 7) is 6.16. The molecule has 8 heteroatoms. The number of guanidine groups is 1. The van der Waals surface area contributed by atoms with Gasteiger partial charge in [-0.1, -0.05) is 29.8 Å². The van der Waals surface area contributed by atoms with E-state index in [1.165, 1.54) is 0 Å². The number of benzene rings is 1. The summed E-state index contributed by atoms with van der Waals surface area (Å²) in [6, 6.07) is 6.99. The van der Waals surface area contributed by atoms with Crippen LogP contribution in [-0.4, -0.2) is 66.8 Å². The Balaban J connectivity index is 1.91. The smallest absolute Gasteiger partial charge is 0.321 e. The molecule has 8 nitrogen and oxygen atoms in total. The number of carbonyl (C=O) groups excluding carboxylic acids is 3. The molecule has 0 aliphatic carbocycles. The predicted molar refractivity (Wildman–Crippen MR) is 98.8 cm³/mol. The highest BCUT2D eigenvalue weighted by molar-refractivity contribution is 6.08. The normalized spacial score (nSPS) is 22.7. The van der Waals surface area contributed by atoms with Gasteiger partial charge in [-0.3, -0.25) is 19.7 Å². The van der Waals surface area contributed by atoms with Gasteiger partial charge in [0, 0.05) is 26.2 Å². The average molecular weight is 372 g/mol. The highest BCUT2D eigenvalue weighted by atomic mass is 16.5. The van der Waals surface area contributed by atoms with Crippen LogP contribution in [0.1, 0.15) is 24.1 Å². The first-order valence-electron chi connectivity index (χ1n) is 9.09. The number of rotatable bonds is 4. The van der Waals surface area contributed by atoms with Gasteiger partial charge in [-0.2, -0.15) is 0 Å². The van der Waals surface area contributed by atoms with E-state index in [4.69, 9.17) is 9.73 Å². The van der Waals surface area contributed by atoms with E-state index >= 15 is 0 Å². The Morgan fingerprint density at radius 2 is 1.93 bits per heavy atom. The number of carbonyl (C=O) groups is 3. The second-order valence-electron chi connectivity index (χ2n) is 6.66. The summed E-state index contributed by atoms with van der Waals surface area (Å²) in [5, 5.41) is 2.75. The molecule has 1 saturated heterocycles. The lowest BCUT2D eigenvalue weighted by Crippen LogP contribution is -2.57. The highest BCUT2D eigenvalue weighted by Crippen LogP contribution is 2.31. The standard InChI is InChI=1S/C19H24N4O4/c1-3-27-18(26)15-16(14-6-4-13(2)5-7-14)20-19(21-17(15)25)23-10-8-22(12-24)9-11-23/h4-7,12,15-16H,3,8-11H2,1-2H3,(H,20,21,25)/t15-,16-/m0/s1. The summed E-state index contributed by atoms with van der Waals surface area (Å²) in [5.74, 6) is -1.57. The Morgan fingerprint density at radius 1 is 1.26 bits per heavy atom. The van der Waals surface area contributed by atoms with Gasteiger partial charge in [0.2, 0.25) is 18.3 Å². The molecular formula is C19H24N4O4. The van der Waals surface area contributed by atoms with Crippen LogP contribution in [0.25, 0.3) is 0 Å². The van der Waals surface area contributed by atoms with E-state index < -0.39 is 23.8 Å². The highest BCUT2D eigenvalue weighted by Gasteiger charge is 2.42. The number of aliphatic imine (C=N–C) groups is 1. The van der Waals surface area contributed by atoms with E-state index in [1.54, 1.807) is 11.8 Å². The van der Waals surface area contributed by atoms with Crippen molar-refractivity contribution in [2.75, 3.05) is 32.8 Å². The molecule has 1 aromatic rings. The SMILES string of the molecule is CCOC(=O)[C@@H]1C(=O)NC(N2CCN(C=O)CC2)=N[C@H]1c1ccc(C)cc1. The van der Waals surface area contributed by atoms with Crippen molar-refractivity contribution >= 4 is 24.2 Å². The van der Waals surface area contributed by atoms with Crippen LogP contribution >= 0.6 is 0 Å². The molecular weight excluding hydrogens is 348 g/mol. The van der Waals surface area contributed by atoms with Crippen molar-refractivity contribution in [3.05, 3.63) is 35.4 Å². The number of nitrogens with zero attached hydrogens (tertiary/aromatic N) is 3. The van der Waals surface area contributed by atoms with Crippen LogP contribution in [0, 0.1) is 12.8 Å². The Hall–Kier alpha value is -2.90. The van der Waals surface area contributed by atoms with Gasteiger partial charge in [0.15, 0.2) is 5.92 Å². The van der Waals surface area contributed by atoms with Crippen LogP contribution in [0.5, 0.6) is 0 Å². The summed E-state index contributed by atoms with van der Waals surface area (Å²) in [7, 11) is 0. The van der Waals surface area contributed by atoms with E-state index in [2.05, 4.69) is 5.32 Å². The average Bonchev–Trinajstić information content (AvgIpc) is 2.68. The number of hydrogen-bond acceptors (Lipinski definition) is 6. The predicted octanol–water partition coefficient (Wildman–Crippen LogP) is 0.475. The number of aryl methyl sites for hydroxylation is 1. The molecule has 0 aromatic heterocycles. The maximum Gasteiger partial charge on any atom is 0.321 e. The third-order valence-corrected chi connectivity index (χ3v) is 4.82. The van der Waals surface area contributed by atoms with Crippen LogP contribution < -0.4 is 5.32 Å². The lowest BCUT2D eigenvalue weighted by atomic mass is 9.91. The summed E-state index contributed by atoms with van der Waals surface area (Å²) >= 11 is 0. The van der Waals surface area contributed by atoms with Gasteiger partial charge >= 0.3 is 5.97 Å². The van der Waals surface area contributed by atoms with Crippen LogP contribution in [0.2, 0.25) is 0 Å². The second kappa shape index (κ2) is 8.20. The number of piperazine rings is 1. The molecule has 0 spiro atoms. The molecule has 2 atom stereocenters. The van der Waals surface area contributed by atoms with Gasteiger partial charge in [-0.15, -0.1) is 0 Å². The second-order valence-corrected chi connectivity index (χ2v) is 6.66. The zero-order valence-electron chi connectivity index (χ0n) is 15.6. The number of nitrogens with one attached hydrogen (secondary N) is 1. The van der Waals surface area contributed by atoms with Crippen molar-refractivity contribution in [1.82, 2.24) is 15.1 Å². The van der Waals surface area contributed by atoms with Crippen molar-refractivity contribution in [3.63, 3.8) is 0 Å². The molecule has 2 aliphatic rings. The van der Waals surface area contributed by atoms with E-state index in [1.807, 2.05) is 36.1 Å². The Labute approximate surface area is 158 Å². The van der Waals surface area contributed by atoms with E-state index in [0.717, 1.165) is 17.5 Å². The first-order valence-corrected chi connectivity index (χ1v) is 9.09. The molecule has 1 aromatic carbocycles. The Kier molecular flexibility index (Phi) is 5.73. The van der Waals surface area contributed by atoms with Crippen LogP contribution in [0.4, 0.5) is 0 Å². The molecule has 1 N–H and O–H groups in total. The monoisotopic (exact) mass is 372 g/mol. The molecule has 3 rings (SSSR count). The zero-order valence-corrected chi connectivity index (χ0v) is 15.6. The molecule has 2 heterocycles. The van der Waals surface area contributed by atoms with Crippen molar-refractivity contribution in [1.29, 1.82) is 0 Å². The maximum absolute atomic E-state index is 12.7. The van der Waals surface area contributed by atoms with Crippen molar-refractivity contribution in [2.24, 2.45) is 10.9 Å². The Morgan fingerprint density at radius 3 is 2.52 bits per heavy atom. The fourth-order valence-corrected chi connectivity index (χ4v) is 3.27. The quantitative estimate of drug-likeness (QED) is 0.471. The van der Waals surface area contributed by atoms with Gasteiger partial charge in [0.25, 0.3) is 0 Å². The van der Waals surface area contributed by atoms with Crippen LogP contribution in [0.15, 0.2) is 29.3 Å². The number of esters is 1. The summed E-state index contributed by atoms with van der Waals surface area (Å²) in [4.78, 5) is 44.4. The van der Waals surface area contributed by atoms with Gasteiger partial charge in [-0.05, 0) is 19.4 Å². The molecule has 0 radical (unpaired) electrons. The summed E-state index contributed by atoms with van der Waals surface area (Å²) in [6.07, 6.45) is 0.824. The third-order valence-electron chi connectivity index (χ3n) is 4.82. The molecule has 1 fully saturated rings. The molecule has 2 amide bonds. The fourth-order valence-electron chi connectivity index (χ4n) is 3.27. The Bertz CT molecular complexity index is 739. The molecule has 0 unspecified atom stereocenters. The minimum Gasteiger partial charge on any atom is -0.465 e. The number of ether oxygens (including phenoxy) is 1. The van der Waals surface area contributed by atoms with E-state index in [9.17, 15) is 14.4 Å². The zero-order chi connectivity index (χ0) is 19.4. The van der Waals surface area contributed by atoms with E-state index in [-0.39, 0.29) is 6.61 Å². The molecule has 0 saturated carbocycles. The lowest BCUT2D eigenvalue weighted by molar-refractivity contribution is -0.153.